The number of hydrogen-bond acceptors (Lipinski definition) is 3. The summed E-state index contributed by atoms with van der Waals surface area (Å²) in [4.78, 5) is 14.9. The van der Waals surface area contributed by atoms with E-state index in [2.05, 4.69) is 18.0 Å². The van der Waals surface area contributed by atoms with E-state index in [4.69, 9.17) is 5.11 Å². The number of carbonyl (C=O) groups is 1. The van der Waals surface area contributed by atoms with Crippen LogP contribution < -0.4 is 0 Å². The molecule has 0 saturated heterocycles. The highest BCUT2D eigenvalue weighted by atomic mass is 32.2. The molecule has 0 aromatic carbocycles. The number of hydrogen-bond donors (Lipinski definition) is 1. The van der Waals surface area contributed by atoms with Crippen LogP contribution in [-0.4, -0.2) is 16.1 Å². The molecule has 3 nitrogen and oxygen atoms in total. The van der Waals surface area contributed by atoms with Gasteiger partial charge in [-0.15, -0.1) is 11.8 Å². The number of carboxylic acid groups (broad SMARTS) is 1. The molecule has 2 rings (SSSR count). The van der Waals surface area contributed by atoms with Crippen molar-refractivity contribution in [1.29, 1.82) is 0 Å². The summed E-state index contributed by atoms with van der Waals surface area (Å²) in [5.41, 5.74) is 1.15. The SMILES string of the molecule is CC1(c2ccncc2C(=O)O)CC=CS1. The molecule has 78 valence electrons. The fourth-order valence-corrected chi connectivity index (χ4v) is 2.71. The fraction of sp³-hybridized carbons (Fsp3) is 0.273. The summed E-state index contributed by atoms with van der Waals surface area (Å²) in [5.74, 6) is -0.910. The van der Waals surface area contributed by atoms with Gasteiger partial charge in [-0.2, -0.15) is 0 Å². The normalized spacial score (nSPS) is 24.3. The lowest BCUT2D eigenvalue weighted by Crippen LogP contribution is -2.18. The van der Waals surface area contributed by atoms with Gasteiger partial charge >= 0.3 is 5.97 Å². The Hall–Kier alpha value is -1.29. The zero-order valence-corrected chi connectivity index (χ0v) is 9.12. The van der Waals surface area contributed by atoms with Crippen LogP contribution in [0, 0.1) is 0 Å². The van der Waals surface area contributed by atoms with Gasteiger partial charge in [0.2, 0.25) is 0 Å². The van der Waals surface area contributed by atoms with Crippen LogP contribution in [0.4, 0.5) is 0 Å². The molecule has 15 heavy (non-hydrogen) atoms. The number of rotatable bonds is 2. The lowest BCUT2D eigenvalue weighted by atomic mass is 9.94. The Morgan fingerprint density at radius 2 is 2.47 bits per heavy atom. The number of carboxylic acids is 1. The Morgan fingerprint density at radius 1 is 1.67 bits per heavy atom. The van der Waals surface area contributed by atoms with Crippen molar-refractivity contribution < 1.29 is 9.90 Å². The van der Waals surface area contributed by atoms with Crippen LogP contribution in [0.2, 0.25) is 0 Å². The van der Waals surface area contributed by atoms with E-state index in [1.165, 1.54) is 6.20 Å². The van der Waals surface area contributed by atoms with Gasteiger partial charge in [0.25, 0.3) is 0 Å². The highest BCUT2D eigenvalue weighted by Gasteiger charge is 2.32. The van der Waals surface area contributed by atoms with Crippen LogP contribution in [0.15, 0.2) is 29.9 Å². The van der Waals surface area contributed by atoms with Gasteiger partial charge in [0.1, 0.15) is 0 Å². The summed E-state index contributed by atoms with van der Waals surface area (Å²) in [6, 6.07) is 1.80. The maximum absolute atomic E-state index is 11.1. The van der Waals surface area contributed by atoms with Crippen LogP contribution in [0.25, 0.3) is 0 Å². The summed E-state index contributed by atoms with van der Waals surface area (Å²) in [6.07, 6.45) is 5.99. The first-order valence-corrected chi connectivity index (χ1v) is 5.52. The minimum absolute atomic E-state index is 0.156. The number of aromatic nitrogens is 1. The van der Waals surface area contributed by atoms with Crippen molar-refractivity contribution in [3.05, 3.63) is 41.1 Å². The van der Waals surface area contributed by atoms with Gasteiger partial charge < -0.3 is 5.11 Å². The molecule has 1 N–H and O–H groups in total. The van der Waals surface area contributed by atoms with E-state index in [9.17, 15) is 4.79 Å². The number of aromatic carboxylic acids is 1. The van der Waals surface area contributed by atoms with E-state index < -0.39 is 5.97 Å². The molecule has 1 unspecified atom stereocenters. The third-order valence-corrected chi connectivity index (χ3v) is 3.79. The molecule has 0 amide bonds. The molecule has 0 fully saturated rings. The van der Waals surface area contributed by atoms with Gasteiger partial charge in [-0.05, 0) is 30.4 Å². The first-order chi connectivity index (χ1) is 7.13. The maximum atomic E-state index is 11.1. The van der Waals surface area contributed by atoms with Crippen LogP contribution in [0.5, 0.6) is 0 Å². The molecular weight excluding hydrogens is 210 g/mol. The topological polar surface area (TPSA) is 50.2 Å². The summed E-state index contributed by atoms with van der Waals surface area (Å²) in [5, 5.41) is 11.1. The average molecular weight is 221 g/mol. The molecule has 4 heteroatoms. The molecule has 1 atom stereocenters. The maximum Gasteiger partial charge on any atom is 0.337 e. The largest absolute Gasteiger partial charge is 0.478 e. The van der Waals surface area contributed by atoms with Crippen LogP contribution in [0.3, 0.4) is 0 Å². The van der Waals surface area contributed by atoms with Gasteiger partial charge in [-0.3, -0.25) is 4.98 Å². The molecule has 1 aromatic heterocycles. The van der Waals surface area contributed by atoms with Crippen molar-refractivity contribution in [2.45, 2.75) is 18.1 Å². The number of nitrogens with zero attached hydrogens (tertiary/aromatic N) is 1. The van der Waals surface area contributed by atoms with Crippen LogP contribution >= 0.6 is 11.8 Å². The first kappa shape index (κ1) is 10.2. The Kier molecular flexibility index (Phi) is 2.52. The van der Waals surface area contributed by atoms with Crippen molar-refractivity contribution in [1.82, 2.24) is 4.98 Å². The van der Waals surface area contributed by atoms with E-state index >= 15 is 0 Å². The summed E-state index contributed by atoms with van der Waals surface area (Å²) in [6.45, 7) is 2.06. The fourth-order valence-electron chi connectivity index (χ4n) is 1.72. The number of allylic oxidation sites excluding steroid dienone is 1. The number of thioether (sulfide) groups is 1. The van der Waals surface area contributed by atoms with Gasteiger partial charge in [-0.25, -0.2) is 4.79 Å². The molecule has 0 saturated carbocycles. The predicted octanol–water partition coefficient (Wildman–Crippen LogP) is 2.65. The predicted molar refractivity (Wildman–Crippen MR) is 59.9 cm³/mol. The smallest absolute Gasteiger partial charge is 0.337 e. The quantitative estimate of drug-likeness (QED) is 0.834. The van der Waals surface area contributed by atoms with Crippen LogP contribution in [0.1, 0.15) is 29.3 Å². The molecular formula is C11H11NO2S. The molecule has 0 spiro atoms. The molecule has 1 aliphatic rings. The van der Waals surface area contributed by atoms with Crippen molar-refractivity contribution in [3.8, 4) is 0 Å². The molecule has 0 aliphatic carbocycles. The van der Waals surface area contributed by atoms with E-state index in [1.54, 1.807) is 24.0 Å². The van der Waals surface area contributed by atoms with E-state index in [0.717, 1.165) is 12.0 Å². The monoisotopic (exact) mass is 221 g/mol. The Balaban J connectivity index is 2.47. The molecule has 1 aromatic rings. The van der Waals surface area contributed by atoms with E-state index in [0.29, 0.717) is 5.56 Å². The Morgan fingerprint density at radius 3 is 3.07 bits per heavy atom. The third kappa shape index (κ3) is 1.77. The summed E-state index contributed by atoms with van der Waals surface area (Å²) < 4.78 is -0.156. The van der Waals surface area contributed by atoms with Crippen molar-refractivity contribution in [2.75, 3.05) is 0 Å². The number of pyridine rings is 1. The Bertz CT molecular complexity index is 420. The average Bonchev–Trinajstić information content (AvgIpc) is 2.66. The molecule has 1 aliphatic heterocycles. The summed E-state index contributed by atoms with van der Waals surface area (Å²) >= 11 is 1.66. The van der Waals surface area contributed by atoms with Crippen molar-refractivity contribution in [3.63, 3.8) is 0 Å². The zero-order valence-electron chi connectivity index (χ0n) is 8.30. The van der Waals surface area contributed by atoms with Gasteiger partial charge in [0, 0.05) is 17.1 Å². The molecule has 0 bridgehead atoms. The second kappa shape index (κ2) is 3.70. The van der Waals surface area contributed by atoms with Crippen molar-refractivity contribution >= 4 is 17.7 Å². The van der Waals surface area contributed by atoms with E-state index in [1.807, 2.05) is 5.41 Å². The minimum Gasteiger partial charge on any atom is -0.478 e. The minimum atomic E-state index is -0.910. The standard InChI is InChI=1S/C11H11NO2S/c1-11(4-2-6-15-11)9-3-5-12-7-8(9)10(13)14/h2-3,5-7H,4H2,1H3,(H,13,14). The highest BCUT2D eigenvalue weighted by Crippen LogP contribution is 2.45. The first-order valence-electron chi connectivity index (χ1n) is 4.64. The second-order valence-electron chi connectivity index (χ2n) is 3.65. The van der Waals surface area contributed by atoms with Crippen molar-refractivity contribution in [2.24, 2.45) is 0 Å². The van der Waals surface area contributed by atoms with E-state index in [-0.39, 0.29) is 4.75 Å². The van der Waals surface area contributed by atoms with Crippen LogP contribution in [-0.2, 0) is 4.75 Å². The van der Waals surface area contributed by atoms with Gasteiger partial charge in [0.05, 0.1) is 5.56 Å². The molecule has 2 heterocycles. The van der Waals surface area contributed by atoms with Gasteiger partial charge in [0.15, 0.2) is 0 Å². The lowest BCUT2D eigenvalue weighted by molar-refractivity contribution is 0.0694. The second-order valence-corrected chi connectivity index (χ2v) is 5.06. The molecule has 0 radical (unpaired) electrons. The highest BCUT2D eigenvalue weighted by molar-refractivity contribution is 8.03. The zero-order chi connectivity index (χ0) is 10.9. The summed E-state index contributed by atoms with van der Waals surface area (Å²) in [7, 11) is 0. The third-order valence-electron chi connectivity index (χ3n) is 2.55. The Labute approximate surface area is 92.2 Å². The van der Waals surface area contributed by atoms with Gasteiger partial charge in [-0.1, -0.05) is 6.08 Å². The lowest BCUT2D eigenvalue weighted by Gasteiger charge is -2.24.